The number of hydrogen-bond acceptors (Lipinski definition) is 1. The standard InChI is InChI=1S/C24H19N/c25-22-13-7-12-21(16-22)24-17-20(18-8-3-1-4-9-18)14-15-23(24)19-10-5-2-6-11-19/h1-17H,25H2. The first kappa shape index (κ1) is 15.2. The first-order valence-corrected chi connectivity index (χ1v) is 8.42. The van der Waals surface area contributed by atoms with E-state index in [-0.39, 0.29) is 0 Å². The molecule has 0 unspecified atom stereocenters. The van der Waals surface area contributed by atoms with Crippen molar-refractivity contribution in [1.82, 2.24) is 0 Å². The van der Waals surface area contributed by atoms with Crippen molar-refractivity contribution in [3.8, 4) is 33.4 Å². The topological polar surface area (TPSA) is 26.0 Å². The highest BCUT2D eigenvalue weighted by molar-refractivity contribution is 5.87. The van der Waals surface area contributed by atoms with Gasteiger partial charge in [0.2, 0.25) is 0 Å². The first-order chi connectivity index (χ1) is 12.3. The smallest absolute Gasteiger partial charge is 0.0320 e. The van der Waals surface area contributed by atoms with Crippen LogP contribution in [-0.4, -0.2) is 0 Å². The second-order valence-electron chi connectivity index (χ2n) is 6.12. The summed E-state index contributed by atoms with van der Waals surface area (Å²) in [5.74, 6) is 0. The molecule has 0 saturated carbocycles. The fourth-order valence-corrected chi connectivity index (χ4v) is 3.17. The van der Waals surface area contributed by atoms with Crippen molar-refractivity contribution < 1.29 is 0 Å². The molecule has 4 aromatic carbocycles. The average molecular weight is 321 g/mol. The number of nitrogen functional groups attached to an aromatic ring is 1. The molecular formula is C24H19N. The Labute approximate surface area is 148 Å². The van der Waals surface area contributed by atoms with E-state index in [1.165, 1.54) is 27.8 Å². The van der Waals surface area contributed by atoms with E-state index in [1.807, 2.05) is 30.3 Å². The molecule has 0 spiro atoms. The molecule has 0 heterocycles. The minimum absolute atomic E-state index is 0.779. The van der Waals surface area contributed by atoms with Crippen molar-refractivity contribution in [3.63, 3.8) is 0 Å². The van der Waals surface area contributed by atoms with E-state index in [1.54, 1.807) is 0 Å². The van der Waals surface area contributed by atoms with Gasteiger partial charge >= 0.3 is 0 Å². The van der Waals surface area contributed by atoms with Gasteiger partial charge in [-0.1, -0.05) is 84.9 Å². The maximum Gasteiger partial charge on any atom is 0.0320 e. The fraction of sp³-hybridized carbons (Fsp3) is 0. The van der Waals surface area contributed by atoms with E-state index in [0.29, 0.717) is 0 Å². The summed E-state index contributed by atoms with van der Waals surface area (Å²) in [7, 11) is 0. The minimum Gasteiger partial charge on any atom is -0.399 e. The third-order valence-electron chi connectivity index (χ3n) is 4.41. The maximum atomic E-state index is 6.03. The first-order valence-electron chi connectivity index (χ1n) is 8.42. The Balaban J connectivity index is 1.93. The van der Waals surface area contributed by atoms with Gasteiger partial charge in [-0.05, 0) is 51.6 Å². The van der Waals surface area contributed by atoms with E-state index in [9.17, 15) is 0 Å². The molecule has 0 atom stereocenters. The van der Waals surface area contributed by atoms with Crippen LogP contribution >= 0.6 is 0 Å². The van der Waals surface area contributed by atoms with Gasteiger partial charge in [-0.15, -0.1) is 0 Å². The van der Waals surface area contributed by atoms with Crippen LogP contribution in [0.3, 0.4) is 0 Å². The summed E-state index contributed by atoms with van der Waals surface area (Å²) in [6.45, 7) is 0. The van der Waals surface area contributed by atoms with Gasteiger partial charge in [0, 0.05) is 5.69 Å². The van der Waals surface area contributed by atoms with Gasteiger partial charge in [0.1, 0.15) is 0 Å². The highest BCUT2D eigenvalue weighted by Gasteiger charge is 2.10. The lowest BCUT2D eigenvalue weighted by molar-refractivity contribution is 1.56. The van der Waals surface area contributed by atoms with Crippen LogP contribution in [0, 0.1) is 0 Å². The monoisotopic (exact) mass is 321 g/mol. The Morgan fingerprint density at radius 2 is 1.04 bits per heavy atom. The molecular weight excluding hydrogens is 302 g/mol. The molecule has 0 radical (unpaired) electrons. The Bertz CT molecular complexity index is 989. The molecule has 120 valence electrons. The molecule has 25 heavy (non-hydrogen) atoms. The predicted octanol–water partition coefficient (Wildman–Crippen LogP) is 6.27. The number of nitrogens with two attached hydrogens (primary N) is 1. The predicted molar refractivity (Wildman–Crippen MR) is 107 cm³/mol. The zero-order valence-corrected chi connectivity index (χ0v) is 13.9. The number of benzene rings is 4. The summed E-state index contributed by atoms with van der Waals surface area (Å²) < 4.78 is 0. The molecule has 0 bridgehead atoms. The molecule has 1 nitrogen and oxygen atoms in total. The maximum absolute atomic E-state index is 6.03. The molecule has 4 aromatic rings. The molecule has 0 aliphatic heterocycles. The quantitative estimate of drug-likeness (QED) is 0.442. The van der Waals surface area contributed by atoms with Crippen LogP contribution in [-0.2, 0) is 0 Å². The van der Waals surface area contributed by atoms with E-state index >= 15 is 0 Å². The summed E-state index contributed by atoms with van der Waals surface area (Å²) >= 11 is 0. The van der Waals surface area contributed by atoms with Crippen molar-refractivity contribution in [2.24, 2.45) is 0 Å². The SMILES string of the molecule is Nc1cccc(-c2cc(-c3ccccc3)ccc2-c2ccccc2)c1. The lowest BCUT2D eigenvalue weighted by atomic mass is 9.91. The lowest BCUT2D eigenvalue weighted by Crippen LogP contribution is -1.89. The van der Waals surface area contributed by atoms with Gasteiger partial charge in [0.25, 0.3) is 0 Å². The van der Waals surface area contributed by atoms with E-state index in [2.05, 4.69) is 72.8 Å². The molecule has 1 heteroatoms. The zero-order chi connectivity index (χ0) is 17.1. The summed E-state index contributed by atoms with van der Waals surface area (Å²) in [6.07, 6.45) is 0. The Kier molecular flexibility index (Phi) is 4.05. The van der Waals surface area contributed by atoms with Gasteiger partial charge in [0.05, 0.1) is 0 Å². The third-order valence-corrected chi connectivity index (χ3v) is 4.41. The summed E-state index contributed by atoms with van der Waals surface area (Å²) in [5, 5.41) is 0. The van der Waals surface area contributed by atoms with Gasteiger partial charge < -0.3 is 5.73 Å². The molecule has 2 N–H and O–H groups in total. The zero-order valence-electron chi connectivity index (χ0n) is 13.9. The number of rotatable bonds is 3. The van der Waals surface area contributed by atoms with Gasteiger partial charge in [0.15, 0.2) is 0 Å². The van der Waals surface area contributed by atoms with Crippen LogP contribution in [0.2, 0.25) is 0 Å². The molecule has 0 amide bonds. The van der Waals surface area contributed by atoms with Crippen LogP contribution in [0.5, 0.6) is 0 Å². The van der Waals surface area contributed by atoms with Crippen LogP contribution in [0.1, 0.15) is 0 Å². The van der Waals surface area contributed by atoms with Crippen molar-refractivity contribution >= 4 is 5.69 Å². The highest BCUT2D eigenvalue weighted by Crippen LogP contribution is 2.36. The van der Waals surface area contributed by atoms with Gasteiger partial charge in [-0.3, -0.25) is 0 Å². The second-order valence-corrected chi connectivity index (χ2v) is 6.12. The van der Waals surface area contributed by atoms with Crippen LogP contribution in [0.25, 0.3) is 33.4 Å². The van der Waals surface area contributed by atoms with Crippen molar-refractivity contribution in [3.05, 3.63) is 103 Å². The van der Waals surface area contributed by atoms with Crippen LogP contribution in [0.15, 0.2) is 103 Å². The molecule has 0 fully saturated rings. The highest BCUT2D eigenvalue weighted by atomic mass is 14.5. The Hall–Kier alpha value is -3.32. The molecule has 4 rings (SSSR count). The van der Waals surface area contributed by atoms with Gasteiger partial charge in [-0.25, -0.2) is 0 Å². The largest absolute Gasteiger partial charge is 0.399 e. The minimum atomic E-state index is 0.779. The third kappa shape index (κ3) is 3.17. The Morgan fingerprint density at radius 3 is 1.72 bits per heavy atom. The Morgan fingerprint density at radius 1 is 0.400 bits per heavy atom. The number of hydrogen-bond donors (Lipinski definition) is 1. The summed E-state index contributed by atoms with van der Waals surface area (Å²) in [5.41, 5.74) is 14.0. The van der Waals surface area contributed by atoms with Crippen LogP contribution in [0.4, 0.5) is 5.69 Å². The molecule has 0 aliphatic carbocycles. The van der Waals surface area contributed by atoms with E-state index in [4.69, 9.17) is 5.73 Å². The van der Waals surface area contributed by atoms with Crippen molar-refractivity contribution in [1.29, 1.82) is 0 Å². The van der Waals surface area contributed by atoms with Crippen molar-refractivity contribution in [2.75, 3.05) is 5.73 Å². The molecule has 0 aliphatic rings. The fourth-order valence-electron chi connectivity index (χ4n) is 3.17. The second kappa shape index (κ2) is 6.66. The van der Waals surface area contributed by atoms with E-state index < -0.39 is 0 Å². The lowest BCUT2D eigenvalue weighted by Gasteiger charge is -2.13. The van der Waals surface area contributed by atoms with E-state index in [0.717, 1.165) is 11.3 Å². The normalized spacial score (nSPS) is 10.6. The summed E-state index contributed by atoms with van der Waals surface area (Å²) in [6, 6.07) is 35.7. The molecule has 0 aromatic heterocycles. The van der Waals surface area contributed by atoms with Crippen molar-refractivity contribution in [2.45, 2.75) is 0 Å². The molecule has 0 saturated heterocycles. The number of anilines is 1. The van der Waals surface area contributed by atoms with Gasteiger partial charge in [-0.2, -0.15) is 0 Å². The van der Waals surface area contributed by atoms with Crippen LogP contribution < -0.4 is 5.73 Å². The summed E-state index contributed by atoms with van der Waals surface area (Å²) in [4.78, 5) is 0. The average Bonchev–Trinajstić information content (AvgIpc) is 2.69.